The van der Waals surface area contributed by atoms with Crippen LogP contribution in [0.5, 0.6) is 0 Å². The molecule has 0 aromatic heterocycles. The number of alkyl halides is 1. The second-order valence-corrected chi connectivity index (χ2v) is 6.15. The molecular weight excluding hydrogens is 290 g/mol. The summed E-state index contributed by atoms with van der Waals surface area (Å²) in [6.45, 7) is 0. The van der Waals surface area contributed by atoms with Crippen molar-refractivity contribution in [2.45, 2.75) is 37.5 Å². The largest absolute Gasteiger partial charge is 0.204 e. The lowest BCUT2D eigenvalue weighted by atomic mass is 9.89. The van der Waals surface area contributed by atoms with Crippen LogP contribution in [0.2, 0.25) is 0 Å². The fraction of sp³-hybridized carbons (Fsp3) is 0.333. The van der Waals surface area contributed by atoms with E-state index in [1.165, 1.54) is 30.0 Å². The minimum Gasteiger partial charge on any atom is -0.204 e. The molecule has 0 amide bonds. The number of benzene rings is 2. The predicted octanol–water partition coefficient (Wildman–Crippen LogP) is 5.37. The molecule has 0 aliphatic heterocycles. The molecule has 0 saturated carbocycles. The zero-order valence-corrected chi connectivity index (χ0v) is 12.5. The standard InChI is InChI=1S/C18H17ClF2/c19-16(11-15-6-3-7-17(20)18(15)21)14-9-8-12-4-1-2-5-13(12)10-14/h3,6-10,16H,1-2,4-5,11H2. The van der Waals surface area contributed by atoms with E-state index in [0.717, 1.165) is 24.5 Å². The highest BCUT2D eigenvalue weighted by Crippen LogP contribution is 2.30. The zero-order chi connectivity index (χ0) is 14.8. The molecule has 2 aromatic rings. The van der Waals surface area contributed by atoms with Gasteiger partial charge in [-0.05, 0) is 60.4 Å². The van der Waals surface area contributed by atoms with Crippen LogP contribution in [-0.2, 0) is 19.3 Å². The number of aryl methyl sites for hydroxylation is 2. The predicted molar refractivity (Wildman–Crippen MR) is 81.7 cm³/mol. The lowest BCUT2D eigenvalue weighted by Crippen LogP contribution is -2.05. The molecule has 1 atom stereocenters. The molecule has 0 spiro atoms. The van der Waals surface area contributed by atoms with Gasteiger partial charge in [-0.25, -0.2) is 8.78 Å². The van der Waals surface area contributed by atoms with E-state index in [-0.39, 0.29) is 5.38 Å². The molecule has 0 bridgehead atoms. The summed E-state index contributed by atoms with van der Waals surface area (Å²) < 4.78 is 27.0. The molecule has 0 heterocycles. The first kappa shape index (κ1) is 14.5. The average Bonchev–Trinajstić information content (AvgIpc) is 2.51. The van der Waals surface area contributed by atoms with Crippen molar-refractivity contribution in [3.8, 4) is 0 Å². The van der Waals surface area contributed by atoms with Crippen LogP contribution >= 0.6 is 11.6 Å². The van der Waals surface area contributed by atoms with Crippen molar-refractivity contribution >= 4 is 11.6 Å². The van der Waals surface area contributed by atoms with Crippen molar-refractivity contribution in [2.75, 3.05) is 0 Å². The average molecular weight is 307 g/mol. The first-order valence-corrected chi connectivity index (χ1v) is 7.77. The van der Waals surface area contributed by atoms with E-state index < -0.39 is 11.6 Å². The summed E-state index contributed by atoms with van der Waals surface area (Å²) in [6.07, 6.45) is 4.96. The molecule has 3 heteroatoms. The fourth-order valence-electron chi connectivity index (χ4n) is 2.97. The Hall–Kier alpha value is -1.41. The van der Waals surface area contributed by atoms with Gasteiger partial charge in [0.15, 0.2) is 11.6 Å². The van der Waals surface area contributed by atoms with E-state index in [0.29, 0.717) is 12.0 Å². The van der Waals surface area contributed by atoms with Crippen LogP contribution in [0.4, 0.5) is 8.78 Å². The van der Waals surface area contributed by atoms with Crippen LogP contribution in [0.3, 0.4) is 0 Å². The summed E-state index contributed by atoms with van der Waals surface area (Å²) >= 11 is 6.42. The van der Waals surface area contributed by atoms with Crippen molar-refractivity contribution in [1.29, 1.82) is 0 Å². The van der Waals surface area contributed by atoms with Gasteiger partial charge in [-0.2, -0.15) is 0 Å². The number of hydrogen-bond donors (Lipinski definition) is 0. The van der Waals surface area contributed by atoms with Gasteiger partial charge in [-0.3, -0.25) is 0 Å². The summed E-state index contributed by atoms with van der Waals surface area (Å²) in [7, 11) is 0. The topological polar surface area (TPSA) is 0 Å². The highest BCUT2D eigenvalue weighted by atomic mass is 35.5. The Balaban J connectivity index is 1.82. The van der Waals surface area contributed by atoms with Crippen LogP contribution in [0, 0.1) is 11.6 Å². The minimum absolute atomic E-state index is 0.296. The van der Waals surface area contributed by atoms with Crippen molar-refractivity contribution in [2.24, 2.45) is 0 Å². The fourth-order valence-corrected chi connectivity index (χ4v) is 3.27. The van der Waals surface area contributed by atoms with Crippen LogP contribution in [0.25, 0.3) is 0 Å². The second kappa shape index (κ2) is 6.15. The monoisotopic (exact) mass is 306 g/mol. The molecule has 0 saturated heterocycles. The van der Waals surface area contributed by atoms with E-state index in [2.05, 4.69) is 12.1 Å². The number of rotatable bonds is 3. The molecule has 0 radical (unpaired) electrons. The molecular formula is C18H17ClF2. The third kappa shape index (κ3) is 3.11. The summed E-state index contributed by atoms with van der Waals surface area (Å²) in [6, 6.07) is 10.5. The third-order valence-corrected chi connectivity index (χ3v) is 4.57. The Morgan fingerprint density at radius 1 is 1.00 bits per heavy atom. The van der Waals surface area contributed by atoms with E-state index in [4.69, 9.17) is 11.6 Å². The normalized spacial score (nSPS) is 15.6. The highest BCUT2D eigenvalue weighted by molar-refractivity contribution is 6.20. The van der Waals surface area contributed by atoms with Crippen molar-refractivity contribution in [1.82, 2.24) is 0 Å². The Morgan fingerprint density at radius 2 is 1.76 bits per heavy atom. The van der Waals surface area contributed by atoms with E-state index >= 15 is 0 Å². The van der Waals surface area contributed by atoms with Gasteiger partial charge in [0.25, 0.3) is 0 Å². The Morgan fingerprint density at radius 3 is 2.57 bits per heavy atom. The second-order valence-electron chi connectivity index (χ2n) is 5.62. The van der Waals surface area contributed by atoms with E-state index in [9.17, 15) is 8.78 Å². The van der Waals surface area contributed by atoms with Crippen LogP contribution in [0.15, 0.2) is 36.4 Å². The molecule has 1 aliphatic carbocycles. The molecule has 0 fully saturated rings. The van der Waals surface area contributed by atoms with Crippen LogP contribution in [0.1, 0.15) is 40.5 Å². The maximum atomic E-state index is 13.7. The van der Waals surface area contributed by atoms with Crippen molar-refractivity contribution in [3.05, 3.63) is 70.3 Å². The maximum absolute atomic E-state index is 13.7. The lowest BCUT2D eigenvalue weighted by Gasteiger charge is -2.18. The van der Waals surface area contributed by atoms with Crippen LogP contribution < -0.4 is 0 Å². The summed E-state index contributed by atoms with van der Waals surface area (Å²) in [5.74, 6) is -1.61. The lowest BCUT2D eigenvalue weighted by molar-refractivity contribution is 0.498. The molecule has 1 aliphatic rings. The van der Waals surface area contributed by atoms with Gasteiger partial charge in [0.05, 0.1) is 5.38 Å². The first-order chi connectivity index (χ1) is 10.1. The van der Waals surface area contributed by atoms with Gasteiger partial charge >= 0.3 is 0 Å². The zero-order valence-electron chi connectivity index (χ0n) is 11.7. The maximum Gasteiger partial charge on any atom is 0.162 e. The van der Waals surface area contributed by atoms with Crippen molar-refractivity contribution < 1.29 is 8.78 Å². The number of halogens is 3. The molecule has 110 valence electrons. The molecule has 1 unspecified atom stereocenters. The smallest absolute Gasteiger partial charge is 0.162 e. The van der Waals surface area contributed by atoms with E-state index in [1.807, 2.05) is 6.07 Å². The Labute approximate surface area is 128 Å². The van der Waals surface area contributed by atoms with Gasteiger partial charge < -0.3 is 0 Å². The summed E-state index contributed by atoms with van der Waals surface area (Å²) in [4.78, 5) is 0. The van der Waals surface area contributed by atoms with Gasteiger partial charge in [0.2, 0.25) is 0 Å². The SMILES string of the molecule is Fc1cccc(CC(Cl)c2ccc3c(c2)CCCC3)c1F. The van der Waals surface area contributed by atoms with Crippen molar-refractivity contribution in [3.63, 3.8) is 0 Å². The van der Waals surface area contributed by atoms with E-state index in [1.54, 1.807) is 6.07 Å². The quantitative estimate of drug-likeness (QED) is 0.669. The van der Waals surface area contributed by atoms with Gasteiger partial charge in [0, 0.05) is 0 Å². The molecule has 21 heavy (non-hydrogen) atoms. The van der Waals surface area contributed by atoms with Crippen LogP contribution in [-0.4, -0.2) is 0 Å². The summed E-state index contributed by atoms with van der Waals surface area (Å²) in [5.41, 5.74) is 4.06. The highest BCUT2D eigenvalue weighted by Gasteiger charge is 2.16. The molecule has 0 nitrogen and oxygen atoms in total. The van der Waals surface area contributed by atoms with Gasteiger partial charge in [-0.1, -0.05) is 30.3 Å². The molecule has 3 rings (SSSR count). The van der Waals surface area contributed by atoms with Gasteiger partial charge in [-0.15, -0.1) is 11.6 Å². The Bertz CT molecular complexity index is 652. The molecule has 0 N–H and O–H groups in total. The minimum atomic E-state index is -0.818. The van der Waals surface area contributed by atoms with Gasteiger partial charge in [0.1, 0.15) is 0 Å². The summed E-state index contributed by atoms with van der Waals surface area (Å²) in [5, 5.41) is -0.339. The Kier molecular flexibility index (Phi) is 4.25. The third-order valence-electron chi connectivity index (χ3n) is 4.16. The number of fused-ring (bicyclic) bond motifs is 1. The first-order valence-electron chi connectivity index (χ1n) is 7.34. The number of hydrogen-bond acceptors (Lipinski definition) is 0. The molecule has 2 aromatic carbocycles.